The molecule has 0 aliphatic carbocycles. The van der Waals surface area contributed by atoms with E-state index in [0.717, 1.165) is 6.07 Å². The number of fused-ring (bicyclic) bond motifs is 1. The molecule has 72 valence electrons. The van der Waals surface area contributed by atoms with Gasteiger partial charge in [0.1, 0.15) is 11.5 Å². The van der Waals surface area contributed by atoms with Crippen LogP contribution in [0.5, 0.6) is 11.5 Å². The van der Waals surface area contributed by atoms with Crippen LogP contribution in [0.1, 0.15) is 0 Å². The highest BCUT2D eigenvalue weighted by Crippen LogP contribution is 2.24. The van der Waals surface area contributed by atoms with Gasteiger partial charge in [-0.15, -0.1) is 0 Å². The summed E-state index contributed by atoms with van der Waals surface area (Å²) in [6.45, 7) is 0. The van der Waals surface area contributed by atoms with Gasteiger partial charge in [0, 0.05) is 11.5 Å². The van der Waals surface area contributed by atoms with E-state index in [1.807, 2.05) is 0 Å². The summed E-state index contributed by atoms with van der Waals surface area (Å²) in [6, 6.07) is 6.22. The number of aromatic hydroxyl groups is 1. The Hall–Kier alpha value is -1.97. The van der Waals surface area contributed by atoms with Crippen LogP contribution in [0, 0.1) is 0 Å². The van der Waals surface area contributed by atoms with Gasteiger partial charge >= 0.3 is 0 Å². The Morgan fingerprint density at radius 2 is 2.14 bits per heavy atom. The predicted molar refractivity (Wildman–Crippen MR) is 52.8 cm³/mol. The minimum atomic E-state index is -0.319. The Bertz CT molecular complexity index is 530. The number of ether oxygens (including phenoxy) is 1. The summed E-state index contributed by atoms with van der Waals surface area (Å²) in [5.41, 5.74) is 0.274. The molecule has 14 heavy (non-hydrogen) atoms. The first-order valence-electron chi connectivity index (χ1n) is 4.11. The van der Waals surface area contributed by atoms with Crippen molar-refractivity contribution in [3.63, 3.8) is 0 Å². The van der Waals surface area contributed by atoms with Crippen molar-refractivity contribution < 1.29 is 9.84 Å². The van der Waals surface area contributed by atoms with E-state index in [4.69, 9.17) is 4.74 Å². The summed E-state index contributed by atoms with van der Waals surface area (Å²) in [6.07, 6.45) is 0. The largest absolute Gasteiger partial charge is 0.507 e. The van der Waals surface area contributed by atoms with Gasteiger partial charge in [-0.05, 0) is 18.2 Å². The van der Waals surface area contributed by atoms with Crippen LogP contribution >= 0.6 is 0 Å². The summed E-state index contributed by atoms with van der Waals surface area (Å²) in [5, 5.41) is 10.1. The van der Waals surface area contributed by atoms with Gasteiger partial charge in [0.25, 0.3) is 5.56 Å². The second-order valence-electron chi connectivity index (χ2n) is 2.93. The SMILES string of the molecule is COc1ccc2[nH]c(=O)cc(O)c2c1. The fourth-order valence-corrected chi connectivity index (χ4v) is 1.34. The number of aromatic nitrogens is 1. The number of aromatic amines is 1. The zero-order chi connectivity index (χ0) is 10.1. The molecule has 0 atom stereocenters. The lowest BCUT2D eigenvalue weighted by Gasteiger charge is -2.03. The van der Waals surface area contributed by atoms with Crippen LogP contribution in [0.4, 0.5) is 0 Å². The molecule has 0 saturated heterocycles. The van der Waals surface area contributed by atoms with Gasteiger partial charge in [0.2, 0.25) is 0 Å². The molecule has 0 radical (unpaired) electrons. The summed E-state index contributed by atoms with van der Waals surface area (Å²) in [5.74, 6) is 0.600. The highest BCUT2D eigenvalue weighted by atomic mass is 16.5. The number of nitrogens with one attached hydrogen (secondary N) is 1. The van der Waals surface area contributed by atoms with E-state index in [-0.39, 0.29) is 11.3 Å². The van der Waals surface area contributed by atoms with Crippen molar-refractivity contribution in [3.8, 4) is 11.5 Å². The Labute approximate surface area is 79.8 Å². The van der Waals surface area contributed by atoms with Gasteiger partial charge in [0.15, 0.2) is 0 Å². The van der Waals surface area contributed by atoms with Crippen molar-refractivity contribution in [1.29, 1.82) is 0 Å². The number of hydrogen-bond acceptors (Lipinski definition) is 3. The second kappa shape index (κ2) is 3.06. The quantitative estimate of drug-likeness (QED) is 0.712. The standard InChI is InChI=1S/C10H9NO3/c1-14-6-2-3-8-7(4-6)9(12)5-10(13)11-8/h2-5H,1H3,(H2,11,12,13). The molecule has 0 amide bonds. The van der Waals surface area contributed by atoms with Crippen LogP contribution in [-0.4, -0.2) is 17.2 Å². The fraction of sp³-hybridized carbons (Fsp3) is 0.100. The second-order valence-corrected chi connectivity index (χ2v) is 2.93. The zero-order valence-corrected chi connectivity index (χ0v) is 7.57. The molecule has 2 N–H and O–H groups in total. The number of methoxy groups -OCH3 is 1. The number of hydrogen-bond donors (Lipinski definition) is 2. The fourth-order valence-electron chi connectivity index (χ4n) is 1.34. The first-order chi connectivity index (χ1) is 6.70. The highest BCUT2D eigenvalue weighted by molar-refractivity contribution is 5.85. The molecular formula is C10H9NO3. The molecule has 2 rings (SSSR count). The molecule has 4 nitrogen and oxygen atoms in total. The van der Waals surface area contributed by atoms with Gasteiger partial charge < -0.3 is 14.8 Å². The Balaban J connectivity index is 2.82. The highest BCUT2D eigenvalue weighted by Gasteiger charge is 2.02. The first kappa shape index (κ1) is 8.62. The summed E-state index contributed by atoms with van der Waals surface area (Å²) < 4.78 is 5.00. The number of benzene rings is 1. The molecule has 1 aromatic carbocycles. The lowest BCUT2D eigenvalue weighted by molar-refractivity contribution is 0.415. The van der Waals surface area contributed by atoms with E-state index in [1.165, 1.54) is 0 Å². The Morgan fingerprint density at radius 3 is 2.86 bits per heavy atom. The van der Waals surface area contributed by atoms with E-state index in [1.54, 1.807) is 25.3 Å². The van der Waals surface area contributed by atoms with E-state index in [0.29, 0.717) is 16.7 Å². The minimum Gasteiger partial charge on any atom is -0.507 e. The molecule has 2 aromatic rings. The average Bonchev–Trinajstić information content (AvgIpc) is 2.17. The van der Waals surface area contributed by atoms with Crippen LogP contribution in [0.15, 0.2) is 29.1 Å². The number of H-pyrrole nitrogens is 1. The topological polar surface area (TPSA) is 62.3 Å². The minimum absolute atomic E-state index is 0.0392. The van der Waals surface area contributed by atoms with E-state index < -0.39 is 0 Å². The summed E-state index contributed by atoms with van der Waals surface area (Å²) in [4.78, 5) is 13.6. The van der Waals surface area contributed by atoms with Crippen LogP contribution in [-0.2, 0) is 0 Å². The average molecular weight is 191 g/mol. The maximum absolute atomic E-state index is 11.0. The number of pyridine rings is 1. The molecule has 0 aliphatic heterocycles. The molecule has 1 aromatic heterocycles. The summed E-state index contributed by atoms with van der Waals surface area (Å²) in [7, 11) is 1.55. The van der Waals surface area contributed by atoms with Crippen molar-refractivity contribution in [1.82, 2.24) is 4.98 Å². The summed E-state index contributed by atoms with van der Waals surface area (Å²) >= 11 is 0. The third-order valence-corrected chi connectivity index (χ3v) is 2.03. The van der Waals surface area contributed by atoms with Gasteiger partial charge in [-0.3, -0.25) is 4.79 Å². The maximum atomic E-state index is 11.0. The van der Waals surface area contributed by atoms with Crippen molar-refractivity contribution in [2.75, 3.05) is 7.11 Å². The zero-order valence-electron chi connectivity index (χ0n) is 7.57. The predicted octanol–water partition coefficient (Wildman–Crippen LogP) is 1.24. The van der Waals surface area contributed by atoms with E-state index in [2.05, 4.69) is 4.98 Å². The van der Waals surface area contributed by atoms with Gasteiger partial charge in [-0.25, -0.2) is 0 Å². The van der Waals surface area contributed by atoms with Crippen molar-refractivity contribution in [3.05, 3.63) is 34.6 Å². The van der Waals surface area contributed by atoms with Gasteiger partial charge in [0.05, 0.1) is 12.6 Å². The van der Waals surface area contributed by atoms with Crippen molar-refractivity contribution in [2.45, 2.75) is 0 Å². The Morgan fingerprint density at radius 1 is 1.36 bits per heavy atom. The van der Waals surface area contributed by atoms with Gasteiger partial charge in [-0.1, -0.05) is 0 Å². The lowest BCUT2D eigenvalue weighted by atomic mass is 10.2. The van der Waals surface area contributed by atoms with E-state index in [9.17, 15) is 9.90 Å². The molecule has 0 spiro atoms. The number of rotatable bonds is 1. The molecule has 0 aliphatic rings. The molecule has 0 saturated carbocycles. The molecule has 0 bridgehead atoms. The van der Waals surface area contributed by atoms with Crippen LogP contribution < -0.4 is 10.3 Å². The molecule has 0 fully saturated rings. The van der Waals surface area contributed by atoms with Gasteiger partial charge in [-0.2, -0.15) is 0 Å². The van der Waals surface area contributed by atoms with Crippen LogP contribution in [0.2, 0.25) is 0 Å². The lowest BCUT2D eigenvalue weighted by Crippen LogP contribution is -2.02. The Kier molecular flexibility index (Phi) is 1.89. The first-order valence-corrected chi connectivity index (χ1v) is 4.11. The normalized spacial score (nSPS) is 10.4. The van der Waals surface area contributed by atoms with Crippen LogP contribution in [0.3, 0.4) is 0 Å². The molecule has 0 unspecified atom stereocenters. The van der Waals surface area contributed by atoms with Crippen LogP contribution in [0.25, 0.3) is 10.9 Å². The van der Waals surface area contributed by atoms with Crippen molar-refractivity contribution >= 4 is 10.9 Å². The maximum Gasteiger partial charge on any atom is 0.252 e. The molecule has 1 heterocycles. The smallest absolute Gasteiger partial charge is 0.252 e. The van der Waals surface area contributed by atoms with E-state index >= 15 is 0 Å². The third-order valence-electron chi connectivity index (χ3n) is 2.03. The third kappa shape index (κ3) is 1.31. The monoisotopic (exact) mass is 191 g/mol. The molecular weight excluding hydrogens is 182 g/mol. The van der Waals surface area contributed by atoms with Crippen molar-refractivity contribution in [2.24, 2.45) is 0 Å². The molecule has 4 heteroatoms.